The second kappa shape index (κ2) is 6.11. The van der Waals surface area contributed by atoms with Gasteiger partial charge in [0.2, 0.25) is 0 Å². The fraction of sp³-hybridized carbons (Fsp3) is 0.364. The van der Waals surface area contributed by atoms with Crippen molar-refractivity contribution in [3.63, 3.8) is 0 Å². The third kappa shape index (κ3) is 3.64. The summed E-state index contributed by atoms with van der Waals surface area (Å²) in [5.41, 5.74) is 0.0746. The highest BCUT2D eigenvalue weighted by Gasteiger charge is 2.14. The van der Waals surface area contributed by atoms with E-state index in [-0.39, 0.29) is 24.4 Å². The van der Waals surface area contributed by atoms with Crippen LogP contribution in [0.3, 0.4) is 0 Å². The lowest BCUT2D eigenvalue weighted by Gasteiger charge is -2.23. The van der Waals surface area contributed by atoms with Crippen LogP contribution in [0.25, 0.3) is 0 Å². The molecule has 6 heteroatoms. The van der Waals surface area contributed by atoms with Gasteiger partial charge in [-0.25, -0.2) is 13.2 Å². The molecule has 0 aliphatic rings. The Morgan fingerprint density at radius 1 is 1.41 bits per heavy atom. The topological polar surface area (TPSA) is 47.3 Å². The van der Waals surface area contributed by atoms with Crippen LogP contribution in [-0.2, 0) is 0 Å². The first kappa shape index (κ1) is 13.3. The van der Waals surface area contributed by atoms with Crippen molar-refractivity contribution >= 4 is 5.69 Å². The van der Waals surface area contributed by atoms with Crippen LogP contribution in [0.15, 0.2) is 18.2 Å². The van der Waals surface area contributed by atoms with Crippen LogP contribution < -0.4 is 4.90 Å². The molecule has 1 N–H and O–H groups in total. The Hall–Kier alpha value is -1.74. The zero-order valence-electron chi connectivity index (χ0n) is 8.91. The van der Waals surface area contributed by atoms with Crippen LogP contribution >= 0.6 is 0 Å². The van der Waals surface area contributed by atoms with Gasteiger partial charge >= 0.3 is 0 Å². The molecule has 0 saturated carbocycles. The van der Waals surface area contributed by atoms with Crippen LogP contribution in [0, 0.1) is 17.1 Å². The van der Waals surface area contributed by atoms with E-state index in [1.807, 2.05) is 0 Å². The number of hydrogen-bond acceptors (Lipinski definition) is 3. The molecule has 0 amide bonds. The van der Waals surface area contributed by atoms with Gasteiger partial charge < -0.3 is 10.0 Å². The summed E-state index contributed by atoms with van der Waals surface area (Å²) < 4.78 is 37.8. The summed E-state index contributed by atoms with van der Waals surface area (Å²) in [6.07, 6.45) is -2.58. The van der Waals surface area contributed by atoms with Gasteiger partial charge in [0.05, 0.1) is 18.7 Å². The minimum atomic E-state index is -2.58. The number of hydrogen-bond donors (Lipinski definition) is 1. The van der Waals surface area contributed by atoms with Crippen molar-refractivity contribution in [2.24, 2.45) is 0 Å². The van der Waals surface area contributed by atoms with Crippen LogP contribution in [0.4, 0.5) is 18.9 Å². The van der Waals surface area contributed by atoms with Gasteiger partial charge in [-0.05, 0) is 18.2 Å². The Kier molecular flexibility index (Phi) is 4.79. The maximum atomic E-state index is 13.3. The molecule has 1 aromatic rings. The predicted molar refractivity (Wildman–Crippen MR) is 56.4 cm³/mol. The van der Waals surface area contributed by atoms with Crippen molar-refractivity contribution < 1.29 is 18.3 Å². The molecule has 17 heavy (non-hydrogen) atoms. The quantitative estimate of drug-likeness (QED) is 0.858. The lowest BCUT2D eigenvalue weighted by atomic mass is 10.2. The number of halogens is 3. The molecular weight excluding hydrogens is 233 g/mol. The summed E-state index contributed by atoms with van der Waals surface area (Å²) in [4.78, 5) is 1.16. The zero-order chi connectivity index (χ0) is 12.8. The molecule has 3 nitrogen and oxygen atoms in total. The normalized spacial score (nSPS) is 10.4. The Morgan fingerprint density at radius 2 is 2.12 bits per heavy atom. The number of anilines is 1. The highest BCUT2D eigenvalue weighted by molar-refractivity contribution is 5.50. The van der Waals surface area contributed by atoms with Crippen molar-refractivity contribution in [3.8, 4) is 6.07 Å². The van der Waals surface area contributed by atoms with Gasteiger partial charge in [0.25, 0.3) is 6.43 Å². The van der Waals surface area contributed by atoms with E-state index >= 15 is 0 Å². The highest BCUT2D eigenvalue weighted by Crippen LogP contribution is 2.19. The van der Waals surface area contributed by atoms with E-state index in [1.54, 1.807) is 6.07 Å². The number of benzene rings is 1. The van der Waals surface area contributed by atoms with E-state index in [2.05, 4.69) is 0 Å². The van der Waals surface area contributed by atoms with E-state index in [0.717, 1.165) is 11.0 Å². The van der Waals surface area contributed by atoms with Crippen LogP contribution in [-0.4, -0.2) is 31.2 Å². The van der Waals surface area contributed by atoms with Gasteiger partial charge in [0.1, 0.15) is 11.9 Å². The average molecular weight is 244 g/mol. The molecule has 0 fully saturated rings. The molecule has 0 aliphatic heterocycles. The van der Waals surface area contributed by atoms with Crippen molar-refractivity contribution in [1.82, 2.24) is 0 Å². The number of nitrogens with zero attached hydrogens (tertiary/aromatic N) is 2. The fourth-order valence-corrected chi connectivity index (χ4v) is 1.40. The molecule has 0 radical (unpaired) electrons. The molecule has 0 unspecified atom stereocenters. The van der Waals surface area contributed by atoms with E-state index in [0.29, 0.717) is 0 Å². The van der Waals surface area contributed by atoms with Gasteiger partial charge in [-0.1, -0.05) is 0 Å². The minimum Gasteiger partial charge on any atom is -0.395 e. The lowest BCUT2D eigenvalue weighted by Crippen LogP contribution is -2.31. The minimum absolute atomic E-state index is 0.0182. The smallest absolute Gasteiger partial charge is 0.255 e. The summed E-state index contributed by atoms with van der Waals surface area (Å²) in [7, 11) is 0. The van der Waals surface area contributed by atoms with E-state index < -0.39 is 18.8 Å². The summed E-state index contributed by atoms with van der Waals surface area (Å²) in [6.45, 7) is -0.921. The van der Waals surface area contributed by atoms with E-state index in [9.17, 15) is 13.2 Å². The summed E-state index contributed by atoms with van der Waals surface area (Å²) in [5.74, 6) is -0.762. The molecule has 0 bridgehead atoms. The largest absolute Gasteiger partial charge is 0.395 e. The SMILES string of the molecule is N#Cc1ccc(N(CCO)CC(F)F)cc1F. The molecule has 1 rings (SSSR count). The molecule has 1 aromatic carbocycles. The Balaban J connectivity index is 2.94. The monoisotopic (exact) mass is 244 g/mol. The number of aliphatic hydroxyl groups excluding tert-OH is 1. The second-order valence-electron chi connectivity index (χ2n) is 3.34. The Bertz CT molecular complexity index is 418. The molecule has 0 spiro atoms. The number of alkyl halides is 2. The highest BCUT2D eigenvalue weighted by atomic mass is 19.3. The maximum Gasteiger partial charge on any atom is 0.255 e. The van der Waals surface area contributed by atoms with Crippen LogP contribution in [0.2, 0.25) is 0 Å². The van der Waals surface area contributed by atoms with Crippen molar-refractivity contribution in [2.45, 2.75) is 6.43 Å². The molecule has 0 aliphatic carbocycles. The zero-order valence-corrected chi connectivity index (χ0v) is 8.91. The maximum absolute atomic E-state index is 13.3. The molecule has 0 heterocycles. The predicted octanol–water partition coefficient (Wildman–Crippen LogP) is 1.76. The average Bonchev–Trinajstić information content (AvgIpc) is 2.28. The second-order valence-corrected chi connectivity index (χ2v) is 3.34. The molecule has 0 saturated heterocycles. The lowest BCUT2D eigenvalue weighted by molar-refractivity contribution is 0.153. The first-order chi connectivity index (χ1) is 8.08. The molecular formula is C11H11F3N2O. The first-order valence-corrected chi connectivity index (χ1v) is 4.92. The fourth-order valence-electron chi connectivity index (χ4n) is 1.40. The van der Waals surface area contributed by atoms with E-state index in [4.69, 9.17) is 10.4 Å². The molecule has 92 valence electrons. The van der Waals surface area contributed by atoms with Gasteiger partial charge in [0, 0.05) is 12.2 Å². The first-order valence-electron chi connectivity index (χ1n) is 4.92. The van der Waals surface area contributed by atoms with Gasteiger partial charge in [-0.2, -0.15) is 5.26 Å². The van der Waals surface area contributed by atoms with Crippen molar-refractivity contribution in [2.75, 3.05) is 24.6 Å². The van der Waals surface area contributed by atoms with Crippen molar-refractivity contribution in [1.29, 1.82) is 5.26 Å². The summed E-state index contributed by atoms with van der Waals surface area (Å²) >= 11 is 0. The Morgan fingerprint density at radius 3 is 2.59 bits per heavy atom. The van der Waals surface area contributed by atoms with Gasteiger partial charge in [-0.3, -0.25) is 0 Å². The summed E-state index contributed by atoms with van der Waals surface area (Å²) in [5, 5.41) is 17.3. The summed E-state index contributed by atoms with van der Waals surface area (Å²) in [6, 6.07) is 5.25. The van der Waals surface area contributed by atoms with E-state index in [1.165, 1.54) is 12.1 Å². The number of aliphatic hydroxyl groups is 1. The van der Waals surface area contributed by atoms with Crippen molar-refractivity contribution in [3.05, 3.63) is 29.6 Å². The van der Waals surface area contributed by atoms with Gasteiger partial charge in [-0.15, -0.1) is 0 Å². The van der Waals surface area contributed by atoms with Gasteiger partial charge in [0.15, 0.2) is 0 Å². The standard InChI is InChI=1S/C11H11F3N2O/c12-10-5-9(2-1-8(10)6-15)16(3-4-17)7-11(13)14/h1-2,5,11,17H,3-4,7H2. The van der Waals surface area contributed by atoms with Crippen LogP contribution in [0.5, 0.6) is 0 Å². The Labute approximate surface area is 96.7 Å². The molecule has 0 atom stereocenters. The van der Waals surface area contributed by atoms with Crippen LogP contribution in [0.1, 0.15) is 5.56 Å². The third-order valence-corrected chi connectivity index (χ3v) is 2.17. The molecule has 0 aromatic heterocycles. The third-order valence-electron chi connectivity index (χ3n) is 2.17. The number of rotatable bonds is 5. The number of nitriles is 1.